The predicted octanol–water partition coefficient (Wildman–Crippen LogP) is 4.24. The van der Waals surface area contributed by atoms with Crippen LogP contribution in [0.15, 0.2) is 73.3 Å². The summed E-state index contributed by atoms with van der Waals surface area (Å²) in [6.45, 7) is 2.49. The number of hydrogen-bond acceptors (Lipinski definition) is 4. The Morgan fingerprint density at radius 2 is 1.67 bits per heavy atom. The van der Waals surface area contributed by atoms with Crippen molar-refractivity contribution in [1.82, 2.24) is 19.5 Å². The summed E-state index contributed by atoms with van der Waals surface area (Å²) in [5.41, 5.74) is 6.34. The Balaban J connectivity index is 1.82. The van der Waals surface area contributed by atoms with Gasteiger partial charge in [0.2, 0.25) is 0 Å². The van der Waals surface area contributed by atoms with Gasteiger partial charge in [-0.1, -0.05) is 42.5 Å². The second-order valence-corrected chi connectivity index (χ2v) is 6.27. The highest BCUT2D eigenvalue weighted by atomic mass is 15.1. The molecule has 0 aliphatic heterocycles. The monoisotopic (exact) mass is 351 g/mol. The number of nitrogens with zero attached hydrogens (tertiary/aromatic N) is 5. The van der Waals surface area contributed by atoms with Crippen molar-refractivity contribution in [3.8, 4) is 28.6 Å². The standard InChI is InChI=1S/C22H17N5/c1-16-12-25-20(13-24-16)14-27-15-26-21(18-5-3-2-4-6-18)22(27)19-9-7-17(11-23)8-10-19/h2-10,12-13,15H,14H2,1H3. The van der Waals surface area contributed by atoms with Crippen LogP contribution in [-0.2, 0) is 6.54 Å². The zero-order valence-corrected chi connectivity index (χ0v) is 14.9. The molecule has 0 amide bonds. The molecule has 0 aliphatic carbocycles. The first-order valence-corrected chi connectivity index (χ1v) is 8.63. The third kappa shape index (κ3) is 3.46. The first-order valence-electron chi connectivity index (χ1n) is 8.63. The van der Waals surface area contributed by atoms with Gasteiger partial charge in [0.1, 0.15) is 0 Å². The minimum atomic E-state index is 0.572. The molecule has 0 radical (unpaired) electrons. The number of rotatable bonds is 4. The second kappa shape index (κ2) is 7.22. The molecule has 0 bridgehead atoms. The van der Waals surface area contributed by atoms with Crippen LogP contribution in [0.1, 0.15) is 17.0 Å². The average Bonchev–Trinajstić information content (AvgIpc) is 3.14. The van der Waals surface area contributed by atoms with E-state index in [9.17, 15) is 0 Å². The Kier molecular flexibility index (Phi) is 4.46. The van der Waals surface area contributed by atoms with Gasteiger partial charge in [0.15, 0.2) is 0 Å². The molecule has 5 nitrogen and oxygen atoms in total. The predicted molar refractivity (Wildman–Crippen MR) is 104 cm³/mol. The molecule has 2 aromatic carbocycles. The molecule has 5 heteroatoms. The largest absolute Gasteiger partial charge is 0.324 e. The maximum Gasteiger partial charge on any atom is 0.0991 e. The van der Waals surface area contributed by atoms with Crippen LogP contribution in [0.3, 0.4) is 0 Å². The van der Waals surface area contributed by atoms with Crippen LogP contribution in [0, 0.1) is 18.3 Å². The Labute approximate surface area is 157 Å². The molecule has 0 fully saturated rings. The van der Waals surface area contributed by atoms with Crippen LogP contribution >= 0.6 is 0 Å². The van der Waals surface area contributed by atoms with Gasteiger partial charge in [-0.3, -0.25) is 9.97 Å². The second-order valence-electron chi connectivity index (χ2n) is 6.27. The fourth-order valence-corrected chi connectivity index (χ4v) is 2.99. The van der Waals surface area contributed by atoms with E-state index in [-0.39, 0.29) is 0 Å². The lowest BCUT2D eigenvalue weighted by atomic mass is 10.0. The van der Waals surface area contributed by atoms with Crippen LogP contribution in [0.2, 0.25) is 0 Å². The highest BCUT2D eigenvalue weighted by molar-refractivity contribution is 5.78. The van der Waals surface area contributed by atoms with Crippen molar-refractivity contribution in [2.24, 2.45) is 0 Å². The minimum absolute atomic E-state index is 0.572. The van der Waals surface area contributed by atoms with Gasteiger partial charge >= 0.3 is 0 Å². The van der Waals surface area contributed by atoms with Gasteiger partial charge in [-0.2, -0.15) is 5.26 Å². The molecule has 2 heterocycles. The number of nitriles is 1. The van der Waals surface area contributed by atoms with E-state index >= 15 is 0 Å². The SMILES string of the molecule is Cc1cnc(Cn2cnc(-c3ccccc3)c2-c2ccc(C#N)cc2)cn1. The summed E-state index contributed by atoms with van der Waals surface area (Å²) in [6, 6.07) is 19.8. The summed E-state index contributed by atoms with van der Waals surface area (Å²) >= 11 is 0. The van der Waals surface area contributed by atoms with Crippen LogP contribution in [0.5, 0.6) is 0 Å². The lowest BCUT2D eigenvalue weighted by Crippen LogP contribution is -2.04. The van der Waals surface area contributed by atoms with Gasteiger partial charge < -0.3 is 4.57 Å². The third-order valence-electron chi connectivity index (χ3n) is 4.34. The van der Waals surface area contributed by atoms with Crippen molar-refractivity contribution < 1.29 is 0 Å². The Morgan fingerprint density at radius 3 is 2.33 bits per heavy atom. The van der Waals surface area contributed by atoms with Gasteiger partial charge in [-0.05, 0) is 19.1 Å². The minimum Gasteiger partial charge on any atom is -0.324 e. The number of benzene rings is 2. The first kappa shape index (κ1) is 16.7. The summed E-state index contributed by atoms with van der Waals surface area (Å²) in [5.74, 6) is 0. The smallest absolute Gasteiger partial charge is 0.0991 e. The summed E-state index contributed by atoms with van der Waals surface area (Å²) in [5, 5.41) is 9.08. The number of imidazole rings is 1. The molecule has 4 rings (SSSR count). The topological polar surface area (TPSA) is 67.4 Å². The van der Waals surface area contributed by atoms with Crippen LogP contribution in [-0.4, -0.2) is 19.5 Å². The summed E-state index contributed by atoms with van der Waals surface area (Å²) < 4.78 is 2.07. The lowest BCUT2D eigenvalue weighted by Gasteiger charge is -2.11. The van der Waals surface area contributed by atoms with Gasteiger partial charge in [0, 0.05) is 17.3 Å². The number of aromatic nitrogens is 4. The number of aryl methyl sites for hydroxylation is 1. The van der Waals surface area contributed by atoms with Crippen molar-refractivity contribution in [2.45, 2.75) is 13.5 Å². The van der Waals surface area contributed by atoms with E-state index in [0.29, 0.717) is 12.1 Å². The van der Waals surface area contributed by atoms with Gasteiger partial charge in [-0.15, -0.1) is 0 Å². The fourth-order valence-electron chi connectivity index (χ4n) is 2.99. The molecule has 4 aromatic rings. The van der Waals surface area contributed by atoms with Gasteiger partial charge in [0.05, 0.1) is 53.5 Å². The van der Waals surface area contributed by atoms with Crippen molar-refractivity contribution in [2.75, 3.05) is 0 Å². The fraction of sp³-hybridized carbons (Fsp3) is 0.0909. The third-order valence-corrected chi connectivity index (χ3v) is 4.34. The molecule has 0 atom stereocenters. The van der Waals surface area contributed by atoms with Crippen molar-refractivity contribution in [3.05, 3.63) is 90.3 Å². The van der Waals surface area contributed by atoms with E-state index < -0.39 is 0 Å². The van der Waals surface area contributed by atoms with Gasteiger partial charge in [0.25, 0.3) is 0 Å². The lowest BCUT2D eigenvalue weighted by molar-refractivity contribution is 0.771. The summed E-state index contributed by atoms with van der Waals surface area (Å²) in [4.78, 5) is 13.5. The molecular formula is C22H17N5. The molecule has 0 spiro atoms. The highest BCUT2D eigenvalue weighted by Gasteiger charge is 2.15. The Bertz CT molecular complexity index is 1090. The quantitative estimate of drug-likeness (QED) is 0.552. The Morgan fingerprint density at radius 1 is 0.889 bits per heavy atom. The van der Waals surface area contributed by atoms with Crippen molar-refractivity contribution in [3.63, 3.8) is 0 Å². The molecular weight excluding hydrogens is 334 g/mol. The van der Waals surface area contributed by atoms with Gasteiger partial charge in [-0.25, -0.2) is 4.98 Å². The van der Waals surface area contributed by atoms with Crippen LogP contribution in [0.25, 0.3) is 22.5 Å². The summed E-state index contributed by atoms with van der Waals surface area (Å²) in [7, 11) is 0. The van der Waals surface area contributed by atoms with Crippen molar-refractivity contribution in [1.29, 1.82) is 5.26 Å². The molecule has 0 saturated heterocycles. The molecule has 130 valence electrons. The molecule has 2 aromatic heterocycles. The van der Waals surface area contributed by atoms with E-state index in [1.807, 2.05) is 67.8 Å². The normalized spacial score (nSPS) is 10.5. The molecule has 0 saturated carbocycles. The Hall–Kier alpha value is -3.78. The number of hydrogen-bond donors (Lipinski definition) is 0. The van der Waals surface area contributed by atoms with Crippen LogP contribution < -0.4 is 0 Å². The highest BCUT2D eigenvalue weighted by Crippen LogP contribution is 2.31. The van der Waals surface area contributed by atoms with Crippen LogP contribution in [0.4, 0.5) is 0 Å². The zero-order valence-electron chi connectivity index (χ0n) is 14.9. The average molecular weight is 351 g/mol. The molecule has 0 aliphatic rings. The van der Waals surface area contributed by atoms with E-state index in [1.165, 1.54) is 0 Å². The van der Waals surface area contributed by atoms with E-state index in [1.54, 1.807) is 12.4 Å². The van der Waals surface area contributed by atoms with Crippen molar-refractivity contribution >= 4 is 0 Å². The first-order chi connectivity index (χ1) is 13.2. The maximum atomic E-state index is 9.08. The molecule has 0 unspecified atom stereocenters. The molecule has 27 heavy (non-hydrogen) atoms. The maximum absolute atomic E-state index is 9.08. The summed E-state index contributed by atoms with van der Waals surface area (Å²) in [6.07, 6.45) is 5.39. The zero-order chi connectivity index (χ0) is 18.6. The van der Waals surface area contributed by atoms with E-state index in [4.69, 9.17) is 5.26 Å². The van der Waals surface area contributed by atoms with E-state index in [2.05, 4.69) is 25.6 Å². The molecule has 0 N–H and O–H groups in total. The van der Waals surface area contributed by atoms with E-state index in [0.717, 1.165) is 33.9 Å².